The number of nitrogens with one attached hydrogen (secondary N) is 2. The van der Waals surface area contributed by atoms with E-state index in [4.69, 9.17) is 5.73 Å². The summed E-state index contributed by atoms with van der Waals surface area (Å²) in [6.45, 7) is 7.99. The third-order valence-corrected chi connectivity index (χ3v) is 3.01. The highest BCUT2D eigenvalue weighted by atomic mass is 15.2. The van der Waals surface area contributed by atoms with Gasteiger partial charge in [-0.1, -0.05) is 6.07 Å². The van der Waals surface area contributed by atoms with E-state index < -0.39 is 0 Å². The van der Waals surface area contributed by atoms with E-state index in [2.05, 4.69) is 40.2 Å². The third kappa shape index (κ3) is 3.54. The maximum absolute atomic E-state index is 5.94. The Labute approximate surface area is 119 Å². The van der Waals surface area contributed by atoms with Crippen molar-refractivity contribution in [3.05, 3.63) is 46.8 Å². The smallest absolute Gasteiger partial charge is 0.322 e. The molecule has 20 heavy (non-hydrogen) atoms. The van der Waals surface area contributed by atoms with Crippen molar-refractivity contribution in [2.75, 3.05) is 5.32 Å². The van der Waals surface area contributed by atoms with E-state index in [0.29, 0.717) is 11.9 Å². The lowest BCUT2D eigenvalue weighted by atomic mass is 10.1. The molecule has 0 amide bonds. The summed E-state index contributed by atoms with van der Waals surface area (Å²) >= 11 is 0. The van der Waals surface area contributed by atoms with Crippen molar-refractivity contribution in [2.24, 2.45) is 5.73 Å². The molecule has 0 atom stereocenters. The normalized spacial score (nSPS) is 11.5. The van der Waals surface area contributed by atoms with Crippen LogP contribution in [0.5, 0.6) is 0 Å². The molecule has 0 aliphatic rings. The molecule has 0 bridgehead atoms. The number of aromatic nitrogens is 2. The van der Waals surface area contributed by atoms with Crippen molar-refractivity contribution in [3.63, 3.8) is 0 Å². The number of nitrogens with zero attached hydrogens (tertiary/aromatic N) is 2. The van der Waals surface area contributed by atoms with Crippen LogP contribution in [0.25, 0.3) is 0 Å². The second kappa shape index (κ2) is 5.69. The van der Waals surface area contributed by atoms with Gasteiger partial charge in [-0.25, -0.2) is 4.99 Å². The molecule has 4 N–H and O–H groups in total. The number of hydrogen-bond acceptors (Lipinski definition) is 2. The van der Waals surface area contributed by atoms with E-state index in [1.165, 1.54) is 11.1 Å². The molecule has 2 aromatic rings. The zero-order valence-electron chi connectivity index (χ0n) is 12.3. The van der Waals surface area contributed by atoms with Crippen LogP contribution in [0.4, 0.5) is 11.6 Å². The van der Waals surface area contributed by atoms with Crippen molar-refractivity contribution < 1.29 is 4.99 Å². The molecule has 0 radical (unpaired) electrons. The van der Waals surface area contributed by atoms with Gasteiger partial charge in [-0.2, -0.15) is 0 Å². The predicted molar refractivity (Wildman–Crippen MR) is 80.9 cm³/mol. The fraction of sp³-hybridized carbons (Fsp3) is 0.267. The Hall–Kier alpha value is -2.43. The molecule has 0 aliphatic heterocycles. The van der Waals surface area contributed by atoms with Crippen LogP contribution in [0.3, 0.4) is 0 Å². The lowest BCUT2D eigenvalue weighted by Crippen LogP contribution is -2.72. The van der Waals surface area contributed by atoms with Gasteiger partial charge in [-0.15, -0.1) is 9.97 Å². The summed E-state index contributed by atoms with van der Waals surface area (Å²) in [4.78, 5) is 11.5. The molecule has 1 heterocycles. The van der Waals surface area contributed by atoms with Crippen LogP contribution in [0, 0.1) is 27.7 Å². The van der Waals surface area contributed by atoms with Crippen molar-refractivity contribution in [2.45, 2.75) is 27.7 Å². The Kier molecular flexibility index (Phi) is 3.98. The second-order valence-electron chi connectivity index (χ2n) is 4.94. The summed E-state index contributed by atoms with van der Waals surface area (Å²) in [5.41, 5.74) is 11.1. The number of guanidine groups is 1. The molecule has 5 nitrogen and oxygen atoms in total. The summed E-state index contributed by atoms with van der Waals surface area (Å²) in [6, 6.07) is 8.00. The minimum absolute atomic E-state index is 0.401. The number of anilines is 1. The van der Waals surface area contributed by atoms with Gasteiger partial charge in [0.1, 0.15) is 0 Å². The Morgan fingerprint density at radius 3 is 2.25 bits per heavy atom. The van der Waals surface area contributed by atoms with Gasteiger partial charge >= 0.3 is 5.95 Å². The Morgan fingerprint density at radius 1 is 1.00 bits per heavy atom. The first-order chi connectivity index (χ1) is 9.44. The molecule has 5 heteroatoms. The van der Waals surface area contributed by atoms with Crippen LogP contribution in [-0.2, 0) is 0 Å². The zero-order chi connectivity index (χ0) is 14.7. The van der Waals surface area contributed by atoms with E-state index in [1.54, 1.807) is 0 Å². The van der Waals surface area contributed by atoms with Gasteiger partial charge in [0.25, 0.3) is 5.96 Å². The molecule has 2 rings (SSSR count). The van der Waals surface area contributed by atoms with Crippen LogP contribution in [0.15, 0.2) is 24.3 Å². The number of benzene rings is 1. The van der Waals surface area contributed by atoms with Crippen LogP contribution in [0.2, 0.25) is 0 Å². The van der Waals surface area contributed by atoms with E-state index in [-0.39, 0.29) is 0 Å². The fourth-order valence-corrected chi connectivity index (χ4v) is 1.91. The minimum atomic E-state index is 0.401. The highest BCUT2D eigenvalue weighted by molar-refractivity contribution is 5.88. The molecule has 0 fully saturated rings. The highest BCUT2D eigenvalue weighted by Gasteiger charge is 2.06. The molecule has 104 valence electrons. The Balaban J connectivity index is 2.20. The molecule has 1 aromatic carbocycles. The summed E-state index contributed by atoms with van der Waals surface area (Å²) in [5.74, 6) is 0.898. The first-order valence-electron chi connectivity index (χ1n) is 6.50. The van der Waals surface area contributed by atoms with Gasteiger partial charge in [0, 0.05) is 6.07 Å². The number of rotatable bonds is 2. The van der Waals surface area contributed by atoms with Gasteiger partial charge in [-0.05, 0) is 51.0 Å². The van der Waals surface area contributed by atoms with E-state index in [9.17, 15) is 0 Å². The van der Waals surface area contributed by atoms with Crippen molar-refractivity contribution in [1.29, 1.82) is 0 Å². The molecular formula is C15H20N5+. The Morgan fingerprint density at radius 2 is 1.65 bits per heavy atom. The first kappa shape index (κ1) is 14.0. The van der Waals surface area contributed by atoms with Crippen LogP contribution < -0.4 is 16.0 Å². The average molecular weight is 270 g/mol. The summed E-state index contributed by atoms with van der Waals surface area (Å²) in [7, 11) is 0. The van der Waals surface area contributed by atoms with Crippen molar-refractivity contribution >= 4 is 17.6 Å². The maximum atomic E-state index is 5.94. The molecule has 1 aromatic heterocycles. The standard InChI is InChI=1S/C15H19N5/c1-9-5-6-13(7-10(9)2)19-14(16)20-15-17-11(3)8-12(4)18-15/h5-8H,1-4H3,(H3,16,17,18,19,20)/p+1. The van der Waals surface area contributed by atoms with E-state index in [0.717, 1.165) is 17.1 Å². The quantitative estimate of drug-likeness (QED) is 0.558. The van der Waals surface area contributed by atoms with E-state index >= 15 is 0 Å². The topological polar surface area (TPSA) is 77.8 Å². The average Bonchev–Trinajstić information content (AvgIpc) is 2.32. The van der Waals surface area contributed by atoms with E-state index in [1.807, 2.05) is 32.0 Å². The SMILES string of the molecule is Cc1cc(C)nc([NH+]=C(N)Nc2ccc(C)c(C)c2)n1. The summed E-state index contributed by atoms with van der Waals surface area (Å²) < 4.78 is 0. The van der Waals surface area contributed by atoms with Crippen molar-refractivity contribution in [1.82, 2.24) is 9.97 Å². The molecule has 0 spiro atoms. The second-order valence-corrected chi connectivity index (χ2v) is 4.94. The largest absolute Gasteiger partial charge is 0.354 e. The molecule has 0 unspecified atom stereocenters. The van der Waals surface area contributed by atoms with Gasteiger partial charge in [-0.3, -0.25) is 5.32 Å². The fourth-order valence-electron chi connectivity index (χ4n) is 1.91. The predicted octanol–water partition coefficient (Wildman–Crippen LogP) is 0.849. The van der Waals surface area contributed by atoms with Gasteiger partial charge in [0.2, 0.25) is 0 Å². The summed E-state index contributed by atoms with van der Waals surface area (Å²) in [6.07, 6.45) is 0. The van der Waals surface area contributed by atoms with Crippen LogP contribution >= 0.6 is 0 Å². The number of aryl methyl sites for hydroxylation is 4. The number of nitrogens with two attached hydrogens (primary N) is 1. The van der Waals surface area contributed by atoms with Crippen molar-refractivity contribution in [3.8, 4) is 0 Å². The van der Waals surface area contributed by atoms with Crippen LogP contribution in [0.1, 0.15) is 22.5 Å². The number of hydrogen-bond donors (Lipinski definition) is 3. The first-order valence-corrected chi connectivity index (χ1v) is 6.50. The minimum Gasteiger partial charge on any atom is -0.322 e. The highest BCUT2D eigenvalue weighted by Crippen LogP contribution is 2.13. The van der Waals surface area contributed by atoms with Gasteiger partial charge < -0.3 is 5.73 Å². The molecular weight excluding hydrogens is 250 g/mol. The molecule has 0 saturated carbocycles. The maximum Gasteiger partial charge on any atom is 0.354 e. The lowest BCUT2D eigenvalue weighted by molar-refractivity contribution is -0.365. The van der Waals surface area contributed by atoms with Gasteiger partial charge in [0.05, 0.1) is 17.1 Å². The monoisotopic (exact) mass is 270 g/mol. The lowest BCUT2D eigenvalue weighted by Gasteiger charge is -2.04. The van der Waals surface area contributed by atoms with Gasteiger partial charge in [0.15, 0.2) is 0 Å². The molecule has 0 aliphatic carbocycles. The zero-order valence-corrected chi connectivity index (χ0v) is 12.3. The molecule has 0 saturated heterocycles. The Bertz CT molecular complexity index is 641. The summed E-state index contributed by atoms with van der Waals surface area (Å²) in [5, 5.41) is 3.10. The third-order valence-electron chi connectivity index (χ3n) is 3.01. The van der Waals surface area contributed by atoms with Crippen LogP contribution in [-0.4, -0.2) is 15.9 Å².